The number of piperidine rings is 1. The van der Waals surface area contributed by atoms with Gasteiger partial charge >= 0.3 is 0 Å². The summed E-state index contributed by atoms with van der Waals surface area (Å²) in [6.45, 7) is 1.37. The average Bonchev–Trinajstić information content (AvgIpc) is 3.44. The number of likely N-dealkylation sites (tertiary alicyclic amines) is 1. The Morgan fingerprint density at radius 2 is 1.91 bits per heavy atom. The first-order chi connectivity index (χ1) is 16.8. The maximum atomic E-state index is 13.7. The van der Waals surface area contributed by atoms with Crippen LogP contribution in [0.25, 0.3) is 23.0 Å². The average molecular weight is 494 g/mol. The molecule has 1 aromatic heterocycles. The van der Waals surface area contributed by atoms with Gasteiger partial charge in [0, 0.05) is 35.9 Å². The maximum absolute atomic E-state index is 13.7. The van der Waals surface area contributed by atoms with Gasteiger partial charge < -0.3 is 19.5 Å². The van der Waals surface area contributed by atoms with E-state index in [2.05, 4.69) is 24.3 Å². The molecule has 1 fully saturated rings. The van der Waals surface area contributed by atoms with E-state index in [4.69, 9.17) is 16.0 Å². The number of rotatable bonds is 4. The van der Waals surface area contributed by atoms with E-state index in [-0.39, 0.29) is 11.8 Å². The molecule has 0 unspecified atom stereocenters. The summed E-state index contributed by atoms with van der Waals surface area (Å²) in [7, 11) is 4.12. The molecule has 2 aliphatic heterocycles. The zero-order valence-corrected chi connectivity index (χ0v) is 20.2. The molecule has 0 spiro atoms. The van der Waals surface area contributed by atoms with Gasteiger partial charge in [-0.15, -0.1) is 0 Å². The Balaban J connectivity index is 1.38. The van der Waals surface area contributed by atoms with E-state index in [1.54, 1.807) is 36.4 Å². The highest BCUT2D eigenvalue weighted by Crippen LogP contribution is 2.35. The Hall–Kier alpha value is -3.42. The van der Waals surface area contributed by atoms with Gasteiger partial charge in [-0.2, -0.15) is 0 Å². The molecule has 6 nitrogen and oxygen atoms in total. The number of hydrogen-bond donors (Lipinski definition) is 1. The lowest BCUT2D eigenvalue weighted by atomic mass is 10.0. The first-order valence-electron chi connectivity index (χ1n) is 11.5. The largest absolute Gasteiger partial charge is 0.457 e. The van der Waals surface area contributed by atoms with Gasteiger partial charge in [-0.1, -0.05) is 11.6 Å². The summed E-state index contributed by atoms with van der Waals surface area (Å²) in [6.07, 6.45) is 3.43. The Morgan fingerprint density at radius 1 is 1.14 bits per heavy atom. The van der Waals surface area contributed by atoms with Crippen LogP contribution in [0.5, 0.6) is 0 Å². The van der Waals surface area contributed by atoms with Crippen LogP contribution in [0.3, 0.4) is 0 Å². The summed E-state index contributed by atoms with van der Waals surface area (Å²) in [5, 5.41) is 3.12. The Morgan fingerprint density at radius 3 is 2.66 bits per heavy atom. The predicted octanol–water partition coefficient (Wildman–Crippen LogP) is 5.40. The minimum Gasteiger partial charge on any atom is -0.457 e. The summed E-state index contributed by atoms with van der Waals surface area (Å²) in [6, 6.07) is 13.4. The quantitative estimate of drug-likeness (QED) is 0.494. The van der Waals surface area contributed by atoms with E-state index in [0.717, 1.165) is 12.8 Å². The third kappa shape index (κ3) is 4.61. The van der Waals surface area contributed by atoms with Crippen molar-refractivity contribution in [3.8, 4) is 11.3 Å². The molecule has 3 heterocycles. The third-order valence-corrected chi connectivity index (χ3v) is 6.97. The lowest BCUT2D eigenvalue weighted by Gasteiger charge is -2.35. The fraction of sp³-hybridized carbons (Fsp3) is 0.259. The lowest BCUT2D eigenvalue weighted by molar-refractivity contribution is -0.110. The molecule has 3 aromatic rings. The number of halogens is 2. The van der Waals surface area contributed by atoms with Crippen molar-refractivity contribution in [2.24, 2.45) is 0 Å². The number of carbonyl (C=O) groups is 2. The molecule has 1 saturated heterocycles. The summed E-state index contributed by atoms with van der Waals surface area (Å²) in [5.41, 5.74) is 2.51. The molecular weight excluding hydrogens is 469 g/mol. The number of anilines is 1. The number of hydrogen-bond acceptors (Lipinski definition) is 4. The SMILES string of the molecule is CN(C)C1CCN(C(=O)c2cc(-c3ccc(C=C4C(=O)Nc5ccc(F)cc54)o3)ccc2Cl)CC1. The number of fused-ring (bicyclic) bond motifs is 1. The molecule has 0 saturated carbocycles. The van der Waals surface area contributed by atoms with E-state index < -0.39 is 5.82 Å². The molecule has 1 N–H and O–H groups in total. The van der Waals surface area contributed by atoms with Gasteiger partial charge in [-0.05, 0) is 81.5 Å². The molecule has 2 aliphatic rings. The highest BCUT2D eigenvalue weighted by Gasteiger charge is 2.27. The summed E-state index contributed by atoms with van der Waals surface area (Å²) in [5.74, 6) is 0.142. The monoisotopic (exact) mass is 493 g/mol. The second-order valence-corrected chi connectivity index (χ2v) is 9.49. The van der Waals surface area contributed by atoms with Crippen LogP contribution in [0.2, 0.25) is 5.02 Å². The molecule has 2 amide bonds. The van der Waals surface area contributed by atoms with Crippen molar-refractivity contribution in [3.63, 3.8) is 0 Å². The van der Waals surface area contributed by atoms with E-state index in [1.165, 1.54) is 18.2 Å². The van der Waals surface area contributed by atoms with Crippen LogP contribution in [0, 0.1) is 5.82 Å². The molecule has 35 heavy (non-hydrogen) atoms. The minimum absolute atomic E-state index is 0.0933. The Kier molecular flexibility index (Phi) is 6.21. The molecule has 0 aliphatic carbocycles. The molecular formula is C27H25ClFN3O3. The van der Waals surface area contributed by atoms with Gasteiger partial charge in [-0.25, -0.2) is 4.39 Å². The van der Waals surface area contributed by atoms with Crippen molar-refractivity contribution in [2.75, 3.05) is 32.5 Å². The van der Waals surface area contributed by atoms with Crippen LogP contribution in [-0.4, -0.2) is 54.8 Å². The second-order valence-electron chi connectivity index (χ2n) is 9.09. The Labute approximate surface area is 208 Å². The number of carbonyl (C=O) groups excluding carboxylic acids is 2. The van der Waals surface area contributed by atoms with Gasteiger partial charge in [0.05, 0.1) is 16.2 Å². The summed E-state index contributed by atoms with van der Waals surface area (Å²) in [4.78, 5) is 29.6. The van der Waals surface area contributed by atoms with Crippen LogP contribution in [0.15, 0.2) is 52.9 Å². The fourth-order valence-corrected chi connectivity index (χ4v) is 4.83. The summed E-state index contributed by atoms with van der Waals surface area (Å²) >= 11 is 6.40. The van der Waals surface area contributed by atoms with Crippen molar-refractivity contribution < 1.29 is 18.4 Å². The standard InChI is InChI=1S/C27H25ClFN3O3/c1-31(2)18-9-11-32(12-10-18)27(34)22-13-16(3-6-23(22)28)25-8-5-19(35-25)15-21-20-14-17(29)4-7-24(20)30-26(21)33/h3-8,13-15,18H,9-12H2,1-2H3,(H,30,33). The molecule has 8 heteroatoms. The van der Waals surface area contributed by atoms with Gasteiger partial charge in [-0.3, -0.25) is 9.59 Å². The number of benzene rings is 2. The molecule has 0 atom stereocenters. The van der Waals surface area contributed by atoms with Gasteiger partial charge in [0.25, 0.3) is 11.8 Å². The van der Waals surface area contributed by atoms with E-state index in [9.17, 15) is 14.0 Å². The highest BCUT2D eigenvalue weighted by atomic mass is 35.5. The predicted molar refractivity (Wildman–Crippen MR) is 135 cm³/mol. The van der Waals surface area contributed by atoms with Crippen molar-refractivity contribution in [2.45, 2.75) is 18.9 Å². The van der Waals surface area contributed by atoms with Crippen LogP contribution in [-0.2, 0) is 4.79 Å². The van der Waals surface area contributed by atoms with Crippen LogP contribution < -0.4 is 5.32 Å². The minimum atomic E-state index is -0.421. The van der Waals surface area contributed by atoms with E-state index in [1.807, 2.05) is 4.90 Å². The zero-order chi connectivity index (χ0) is 24.7. The maximum Gasteiger partial charge on any atom is 0.256 e. The van der Waals surface area contributed by atoms with Gasteiger partial charge in [0.2, 0.25) is 0 Å². The van der Waals surface area contributed by atoms with Crippen LogP contribution in [0.1, 0.15) is 34.5 Å². The fourth-order valence-electron chi connectivity index (χ4n) is 4.63. The van der Waals surface area contributed by atoms with Gasteiger partial charge in [0.1, 0.15) is 17.3 Å². The molecule has 5 rings (SSSR count). The van der Waals surface area contributed by atoms with Crippen molar-refractivity contribution in [3.05, 3.63) is 76.3 Å². The number of nitrogens with one attached hydrogen (secondary N) is 1. The van der Waals surface area contributed by atoms with Gasteiger partial charge in [0.15, 0.2) is 0 Å². The lowest BCUT2D eigenvalue weighted by Crippen LogP contribution is -2.44. The zero-order valence-electron chi connectivity index (χ0n) is 19.5. The highest BCUT2D eigenvalue weighted by molar-refractivity contribution is 6.35. The van der Waals surface area contributed by atoms with Crippen LogP contribution in [0.4, 0.5) is 10.1 Å². The topological polar surface area (TPSA) is 65.8 Å². The summed E-state index contributed by atoms with van der Waals surface area (Å²) < 4.78 is 19.7. The first-order valence-corrected chi connectivity index (χ1v) is 11.9. The number of nitrogens with zero attached hydrogens (tertiary/aromatic N) is 2. The van der Waals surface area contributed by atoms with E-state index >= 15 is 0 Å². The Bertz CT molecular complexity index is 1340. The third-order valence-electron chi connectivity index (χ3n) is 6.64. The normalized spacial score (nSPS) is 17.2. The number of amides is 2. The van der Waals surface area contributed by atoms with Crippen molar-refractivity contribution in [1.82, 2.24) is 9.80 Å². The van der Waals surface area contributed by atoms with Crippen molar-refractivity contribution >= 4 is 40.8 Å². The smallest absolute Gasteiger partial charge is 0.256 e. The second kappa shape index (κ2) is 9.32. The first kappa shape index (κ1) is 23.3. The molecule has 2 aromatic carbocycles. The van der Waals surface area contributed by atoms with Crippen LogP contribution >= 0.6 is 11.6 Å². The molecule has 180 valence electrons. The molecule has 0 radical (unpaired) electrons. The van der Waals surface area contributed by atoms with Crippen molar-refractivity contribution in [1.29, 1.82) is 0 Å². The number of furan rings is 1. The van der Waals surface area contributed by atoms with E-state index in [0.29, 0.717) is 63.6 Å². The molecule has 0 bridgehead atoms.